The van der Waals surface area contributed by atoms with Gasteiger partial charge in [0.15, 0.2) is 0 Å². The Morgan fingerprint density at radius 1 is 1.00 bits per heavy atom. The molecule has 0 unspecified atom stereocenters. The van der Waals surface area contributed by atoms with Crippen molar-refractivity contribution in [1.29, 1.82) is 0 Å². The second-order valence-electron chi connectivity index (χ2n) is 0.942. The highest BCUT2D eigenvalue weighted by Gasteiger charge is 1.45. The van der Waals surface area contributed by atoms with E-state index < -0.39 is 0 Å². The van der Waals surface area contributed by atoms with Crippen molar-refractivity contribution in [2.75, 3.05) is 11.5 Å². The van der Waals surface area contributed by atoms with Crippen molar-refractivity contribution in [3.8, 4) is 0 Å². The van der Waals surface area contributed by atoms with Crippen molar-refractivity contribution in [2.24, 2.45) is 0 Å². The van der Waals surface area contributed by atoms with Gasteiger partial charge in [-0.2, -0.15) is 38.8 Å². The van der Waals surface area contributed by atoms with Crippen LogP contribution < -0.4 is 0 Å². The van der Waals surface area contributed by atoms with Crippen molar-refractivity contribution < 1.29 is 0 Å². The Kier molecular flexibility index (Phi) is 42.6. The van der Waals surface area contributed by atoms with E-state index in [1.54, 1.807) is 12.2 Å². The Balaban J connectivity index is -0.0000000720. The van der Waals surface area contributed by atoms with E-state index in [-0.39, 0.29) is 13.5 Å². The molecule has 0 saturated carbocycles. The molecule has 0 fully saturated rings. The molecule has 0 aromatic heterocycles. The number of hydrogen-bond donors (Lipinski definition) is 2. The molecule has 0 nitrogen and oxygen atoms in total. The van der Waals surface area contributed by atoms with E-state index in [0.717, 1.165) is 11.5 Å². The van der Waals surface area contributed by atoms with Crippen molar-refractivity contribution in [3.63, 3.8) is 0 Å². The van der Waals surface area contributed by atoms with Crippen LogP contribution in [0.5, 0.6) is 0 Å². The van der Waals surface area contributed by atoms with E-state index in [1.807, 2.05) is 0 Å². The lowest BCUT2D eigenvalue weighted by atomic mass is 10.8. The number of thiol groups is 2. The van der Waals surface area contributed by atoms with Crippen LogP contribution in [0.4, 0.5) is 0 Å². The molecule has 0 atom stereocenters. The molecule has 0 spiro atoms. The average molecular weight is 182 g/mol. The van der Waals surface area contributed by atoms with Gasteiger partial charge in [0.05, 0.1) is 0 Å². The maximum Gasteiger partial charge on any atom is 0.00799 e. The van der Waals surface area contributed by atoms with E-state index in [2.05, 4.69) is 38.4 Å². The third-order valence-electron chi connectivity index (χ3n) is 0.258. The van der Waals surface area contributed by atoms with Crippen molar-refractivity contribution in [3.05, 3.63) is 25.3 Å². The Morgan fingerprint density at radius 3 is 1.11 bits per heavy atom. The molecule has 0 bridgehead atoms. The first-order chi connectivity index (χ1) is 3.83. The van der Waals surface area contributed by atoms with Gasteiger partial charge in [0, 0.05) is 11.5 Å². The summed E-state index contributed by atoms with van der Waals surface area (Å²) >= 11 is 7.60. The zero-order chi connectivity index (χ0) is 6.83. The molecule has 0 radical (unpaired) electrons. The molecule has 0 heterocycles. The van der Waals surface area contributed by atoms with Gasteiger partial charge in [-0.05, 0) is 0 Å². The van der Waals surface area contributed by atoms with E-state index >= 15 is 0 Å². The Morgan fingerprint density at radius 2 is 1.11 bits per heavy atom. The smallest absolute Gasteiger partial charge is 0.00799 e. The minimum absolute atomic E-state index is 0. The third kappa shape index (κ3) is 56.8. The highest BCUT2D eigenvalue weighted by Crippen LogP contribution is 1.66. The first-order valence-electron chi connectivity index (χ1n) is 2.27. The highest BCUT2D eigenvalue weighted by atomic mass is 32.1. The molecular formula is C6H14S3. The van der Waals surface area contributed by atoms with Crippen LogP contribution in [0.25, 0.3) is 0 Å². The lowest BCUT2D eigenvalue weighted by molar-refractivity contribution is 1.85. The minimum atomic E-state index is 0. The molecule has 0 amide bonds. The summed E-state index contributed by atoms with van der Waals surface area (Å²) in [4.78, 5) is 0. The van der Waals surface area contributed by atoms with Gasteiger partial charge in [0.25, 0.3) is 0 Å². The molecule has 56 valence electrons. The lowest BCUT2D eigenvalue weighted by Gasteiger charge is -1.57. The van der Waals surface area contributed by atoms with Crippen LogP contribution in [0, 0.1) is 0 Å². The average Bonchev–Trinajstić information content (AvgIpc) is 1.88. The SMILES string of the molecule is C=CCS.C=CCS.S. The first kappa shape index (κ1) is 16.3. The maximum absolute atomic E-state index is 3.80. The van der Waals surface area contributed by atoms with Gasteiger partial charge in [-0.3, -0.25) is 0 Å². The largest absolute Gasteiger partial charge is 0.197 e. The van der Waals surface area contributed by atoms with Crippen molar-refractivity contribution in [2.45, 2.75) is 0 Å². The van der Waals surface area contributed by atoms with Crippen LogP contribution in [-0.2, 0) is 0 Å². The van der Waals surface area contributed by atoms with Crippen LogP contribution in [0.15, 0.2) is 25.3 Å². The third-order valence-corrected chi connectivity index (χ3v) is 0.775. The van der Waals surface area contributed by atoms with Gasteiger partial charge in [-0.1, -0.05) is 12.2 Å². The second-order valence-corrected chi connectivity index (χ2v) is 1.67. The minimum Gasteiger partial charge on any atom is -0.197 e. The Labute approximate surface area is 75.7 Å². The van der Waals surface area contributed by atoms with E-state index in [9.17, 15) is 0 Å². The monoisotopic (exact) mass is 182 g/mol. The zero-order valence-corrected chi connectivity index (χ0v) is 8.17. The van der Waals surface area contributed by atoms with Crippen LogP contribution >= 0.6 is 38.8 Å². The number of hydrogen-bond acceptors (Lipinski definition) is 2. The maximum atomic E-state index is 3.80. The summed E-state index contributed by atoms with van der Waals surface area (Å²) in [6.45, 7) is 6.81. The summed E-state index contributed by atoms with van der Waals surface area (Å²) < 4.78 is 0. The summed E-state index contributed by atoms with van der Waals surface area (Å²) in [6, 6.07) is 0. The summed E-state index contributed by atoms with van der Waals surface area (Å²) in [5, 5.41) is 0. The summed E-state index contributed by atoms with van der Waals surface area (Å²) in [5.74, 6) is 1.56. The summed E-state index contributed by atoms with van der Waals surface area (Å²) in [5.41, 5.74) is 0. The topological polar surface area (TPSA) is 0 Å². The van der Waals surface area contributed by atoms with Gasteiger partial charge in [-0.25, -0.2) is 0 Å². The van der Waals surface area contributed by atoms with Gasteiger partial charge >= 0.3 is 0 Å². The van der Waals surface area contributed by atoms with Gasteiger partial charge in [-0.15, -0.1) is 13.2 Å². The first-order valence-corrected chi connectivity index (χ1v) is 3.53. The Bertz CT molecular complexity index is 44.3. The molecule has 0 aliphatic heterocycles. The molecule has 0 aromatic rings. The van der Waals surface area contributed by atoms with Crippen LogP contribution in [0.1, 0.15) is 0 Å². The molecule has 0 rings (SSSR count). The highest BCUT2D eigenvalue weighted by molar-refractivity contribution is 7.80. The molecule has 3 heteroatoms. The molecule has 0 saturated heterocycles. The molecule has 0 N–H and O–H groups in total. The summed E-state index contributed by atoms with van der Waals surface area (Å²) in [7, 11) is 0. The quantitative estimate of drug-likeness (QED) is 0.475. The fourth-order valence-corrected chi connectivity index (χ4v) is 0. The normalized spacial score (nSPS) is 5.56. The predicted octanol–water partition coefficient (Wildman–Crippen LogP) is 2.32. The van der Waals surface area contributed by atoms with Crippen molar-refractivity contribution in [1.82, 2.24) is 0 Å². The van der Waals surface area contributed by atoms with Crippen LogP contribution in [-0.4, -0.2) is 11.5 Å². The zero-order valence-electron chi connectivity index (χ0n) is 5.38. The van der Waals surface area contributed by atoms with Crippen molar-refractivity contribution >= 4 is 38.8 Å². The standard InChI is InChI=1S/2C3H6S.H2S/c2*1-2-3-4;/h2*2,4H,1,3H2;1H2. The van der Waals surface area contributed by atoms with Gasteiger partial charge in [0.2, 0.25) is 0 Å². The molecule has 0 aromatic carbocycles. The van der Waals surface area contributed by atoms with Gasteiger partial charge in [0.1, 0.15) is 0 Å². The molecule has 9 heavy (non-hydrogen) atoms. The molecule has 0 aliphatic rings. The molecule has 0 aliphatic carbocycles. The fourth-order valence-electron chi connectivity index (χ4n) is 0. The number of rotatable bonds is 2. The van der Waals surface area contributed by atoms with Gasteiger partial charge < -0.3 is 0 Å². The van der Waals surface area contributed by atoms with Crippen LogP contribution in [0.3, 0.4) is 0 Å². The lowest BCUT2D eigenvalue weighted by Crippen LogP contribution is -1.45. The van der Waals surface area contributed by atoms with E-state index in [1.165, 1.54) is 0 Å². The van der Waals surface area contributed by atoms with E-state index in [4.69, 9.17) is 0 Å². The Hall–Kier alpha value is 0.530. The van der Waals surface area contributed by atoms with E-state index in [0.29, 0.717) is 0 Å². The summed E-state index contributed by atoms with van der Waals surface area (Å²) in [6.07, 6.45) is 3.48. The molecular weight excluding hydrogens is 168 g/mol. The fraction of sp³-hybridized carbons (Fsp3) is 0.333. The second kappa shape index (κ2) is 23.6. The predicted molar refractivity (Wildman–Crippen MR) is 58.5 cm³/mol. The van der Waals surface area contributed by atoms with Crippen LogP contribution in [0.2, 0.25) is 0 Å².